The van der Waals surface area contributed by atoms with Crippen LogP contribution < -0.4 is 4.90 Å². The predicted molar refractivity (Wildman–Crippen MR) is 151 cm³/mol. The molecule has 3 aromatic rings. The highest BCUT2D eigenvalue weighted by atomic mass is 19.4. The number of aryl methyl sites for hydroxylation is 2. The van der Waals surface area contributed by atoms with E-state index in [1.165, 1.54) is 10.3 Å². The highest BCUT2D eigenvalue weighted by Gasteiger charge is 2.44. The number of halogens is 3. The topological polar surface area (TPSA) is 85.7 Å². The summed E-state index contributed by atoms with van der Waals surface area (Å²) in [6, 6.07) is 3.92. The second-order valence-electron chi connectivity index (χ2n) is 10.9. The molecule has 1 aliphatic carbocycles. The van der Waals surface area contributed by atoms with Gasteiger partial charge in [-0.3, -0.25) is 9.67 Å². The molecule has 0 N–H and O–H groups in total. The predicted octanol–water partition coefficient (Wildman–Crippen LogP) is 5.39. The Hall–Kier alpha value is -3.96. The Morgan fingerprint density at radius 3 is 2.51 bits per heavy atom. The van der Waals surface area contributed by atoms with Gasteiger partial charge in [0.05, 0.1) is 24.4 Å². The molecule has 2 bridgehead atoms. The van der Waals surface area contributed by atoms with Crippen LogP contribution in [0.3, 0.4) is 0 Å². The Bertz CT molecular complexity index is 1540. The number of hydrogen-bond acceptors (Lipinski definition) is 7. The van der Waals surface area contributed by atoms with Gasteiger partial charge in [0.1, 0.15) is 17.3 Å². The highest BCUT2D eigenvalue weighted by molar-refractivity contribution is 6.26. The van der Waals surface area contributed by atoms with Gasteiger partial charge in [0.25, 0.3) is 0 Å². The van der Waals surface area contributed by atoms with E-state index in [1.807, 2.05) is 17.8 Å². The van der Waals surface area contributed by atoms with E-state index < -0.39 is 11.9 Å². The smallest absolute Gasteiger partial charge is 0.434 e. The number of piperidine rings is 1. The molecule has 2 aliphatic heterocycles. The Morgan fingerprint density at radius 1 is 1.15 bits per heavy atom. The lowest BCUT2D eigenvalue weighted by molar-refractivity contribution is -0.140. The van der Waals surface area contributed by atoms with Gasteiger partial charge in [0.2, 0.25) is 5.88 Å². The second-order valence-corrected chi connectivity index (χ2v) is 10.9. The zero-order valence-corrected chi connectivity index (χ0v) is 23.6. The van der Waals surface area contributed by atoms with Crippen LogP contribution in [-0.4, -0.2) is 56.9 Å². The van der Waals surface area contributed by atoms with Crippen LogP contribution in [0.25, 0.3) is 17.0 Å². The average molecular weight is 567 g/mol. The fraction of sp³-hybridized carbons (Fsp3) is 0.483. The zero-order chi connectivity index (χ0) is 29.1. The van der Waals surface area contributed by atoms with Crippen molar-refractivity contribution in [1.29, 1.82) is 0 Å². The van der Waals surface area contributed by atoms with Crippen LogP contribution in [0, 0.1) is 5.92 Å². The molecule has 1 saturated carbocycles. The van der Waals surface area contributed by atoms with Gasteiger partial charge in [-0.2, -0.15) is 18.3 Å². The van der Waals surface area contributed by atoms with Crippen molar-refractivity contribution >= 4 is 23.8 Å². The first kappa shape index (κ1) is 27.2. The standard InChI is InChI=1S/C29H33F3N8O/c1-33-25(16-9-10-16)24(28(34-2)41-5)26-23-19-8-6-7-18(13-20(23)39(4)37-26)40(19)22-12-11-17(14-35-22)27-36-21(15-38(27)3)29(30,31)32/h11-12,14-16,18-19H,2,6-10,13H2,1,3-5H3/b28-24-,33-25?. The van der Waals surface area contributed by atoms with Gasteiger partial charge in [0.15, 0.2) is 5.69 Å². The molecule has 41 heavy (non-hydrogen) atoms. The molecule has 3 aliphatic rings. The summed E-state index contributed by atoms with van der Waals surface area (Å²) >= 11 is 0. The van der Waals surface area contributed by atoms with Gasteiger partial charge >= 0.3 is 6.18 Å². The number of aromatic nitrogens is 5. The quantitative estimate of drug-likeness (QED) is 0.283. The minimum atomic E-state index is -4.51. The minimum absolute atomic E-state index is 0.0137. The molecule has 0 amide bonds. The Balaban J connectivity index is 1.42. The van der Waals surface area contributed by atoms with Gasteiger partial charge in [-0.25, -0.2) is 15.0 Å². The third kappa shape index (κ3) is 4.62. The summed E-state index contributed by atoms with van der Waals surface area (Å²) in [6.45, 7) is 3.76. The SMILES string of the molecule is C=N/C(OC)=C(\C(=NC)C1CC1)c1nn(C)c2c1C1CCCC(C2)N1c1ccc(-c2nc(C(F)(F)F)cn2C)cn1. The van der Waals surface area contributed by atoms with Gasteiger partial charge in [0, 0.05) is 68.7 Å². The monoisotopic (exact) mass is 566 g/mol. The Kier molecular flexibility index (Phi) is 6.74. The van der Waals surface area contributed by atoms with Crippen molar-refractivity contribution in [2.75, 3.05) is 19.1 Å². The number of anilines is 1. The molecule has 216 valence electrons. The van der Waals surface area contributed by atoms with Gasteiger partial charge < -0.3 is 14.2 Å². The number of nitrogens with zero attached hydrogens (tertiary/aromatic N) is 8. The lowest BCUT2D eigenvalue weighted by Gasteiger charge is -2.47. The number of hydrogen-bond donors (Lipinski definition) is 0. The number of allylic oxidation sites excluding steroid dienone is 1. The van der Waals surface area contributed by atoms with E-state index in [1.54, 1.807) is 33.5 Å². The number of alkyl halides is 3. The van der Waals surface area contributed by atoms with E-state index >= 15 is 0 Å². The molecular formula is C29H33F3N8O. The van der Waals surface area contributed by atoms with Crippen molar-refractivity contribution in [2.24, 2.45) is 30.0 Å². The fourth-order valence-electron chi connectivity index (χ4n) is 6.46. The van der Waals surface area contributed by atoms with E-state index in [-0.39, 0.29) is 17.9 Å². The Morgan fingerprint density at radius 2 is 1.93 bits per heavy atom. The van der Waals surface area contributed by atoms with E-state index in [2.05, 4.69) is 26.6 Å². The molecule has 2 atom stereocenters. The van der Waals surface area contributed by atoms with E-state index in [9.17, 15) is 13.2 Å². The maximum atomic E-state index is 13.2. The Labute approximate surface area is 236 Å². The third-order valence-electron chi connectivity index (χ3n) is 8.40. The molecular weight excluding hydrogens is 533 g/mol. The lowest BCUT2D eigenvalue weighted by Crippen LogP contribution is -2.47. The minimum Gasteiger partial charge on any atom is -0.480 e. The maximum absolute atomic E-state index is 13.2. The van der Waals surface area contributed by atoms with Crippen molar-refractivity contribution in [3.05, 3.63) is 53.1 Å². The molecule has 9 nitrogen and oxygen atoms in total. The lowest BCUT2D eigenvalue weighted by atomic mass is 9.80. The van der Waals surface area contributed by atoms with Crippen LogP contribution >= 0.6 is 0 Å². The first-order valence-corrected chi connectivity index (χ1v) is 13.8. The zero-order valence-electron chi connectivity index (χ0n) is 23.6. The summed E-state index contributed by atoms with van der Waals surface area (Å²) in [4.78, 5) is 19.8. The van der Waals surface area contributed by atoms with E-state index in [4.69, 9.17) is 14.8 Å². The molecule has 0 aromatic carbocycles. The molecule has 0 radical (unpaired) electrons. The van der Waals surface area contributed by atoms with Crippen molar-refractivity contribution in [3.8, 4) is 11.4 Å². The van der Waals surface area contributed by atoms with Crippen LogP contribution in [0.4, 0.5) is 19.0 Å². The van der Waals surface area contributed by atoms with E-state index in [0.717, 1.165) is 73.1 Å². The molecule has 6 rings (SSSR count). The number of ether oxygens (including phenoxy) is 1. The third-order valence-corrected chi connectivity index (χ3v) is 8.40. The number of aliphatic imine (C=N–C) groups is 2. The summed E-state index contributed by atoms with van der Waals surface area (Å²) in [6.07, 6.45) is 4.02. The van der Waals surface area contributed by atoms with Crippen LogP contribution in [0.2, 0.25) is 0 Å². The summed E-state index contributed by atoms with van der Waals surface area (Å²) in [5, 5.41) is 5.02. The first-order chi connectivity index (χ1) is 19.7. The van der Waals surface area contributed by atoms with Crippen molar-refractivity contribution < 1.29 is 17.9 Å². The average Bonchev–Trinajstić information content (AvgIpc) is 3.63. The molecule has 3 aromatic heterocycles. The summed E-state index contributed by atoms with van der Waals surface area (Å²) < 4.78 is 48.7. The number of pyridine rings is 1. The number of methoxy groups -OCH3 is 1. The van der Waals surface area contributed by atoms with Crippen LogP contribution in [0.1, 0.15) is 60.8 Å². The van der Waals surface area contributed by atoms with Gasteiger partial charge in [-0.15, -0.1) is 0 Å². The number of imidazole rings is 1. The van der Waals surface area contributed by atoms with Crippen molar-refractivity contribution in [2.45, 2.75) is 56.8 Å². The summed E-state index contributed by atoms with van der Waals surface area (Å²) in [7, 11) is 6.92. The number of fused-ring (bicyclic) bond motifs is 4. The van der Waals surface area contributed by atoms with Crippen molar-refractivity contribution in [1.82, 2.24) is 24.3 Å². The first-order valence-electron chi connectivity index (χ1n) is 13.8. The van der Waals surface area contributed by atoms with Crippen LogP contribution in [-0.2, 0) is 31.4 Å². The number of rotatable bonds is 7. The van der Waals surface area contributed by atoms with Crippen LogP contribution in [0.5, 0.6) is 0 Å². The molecule has 2 fully saturated rings. The molecule has 2 unspecified atom stereocenters. The maximum Gasteiger partial charge on any atom is 0.434 e. The largest absolute Gasteiger partial charge is 0.480 e. The molecule has 0 spiro atoms. The summed E-state index contributed by atoms with van der Waals surface area (Å²) in [5.74, 6) is 1.76. The molecule has 1 saturated heterocycles. The van der Waals surface area contributed by atoms with Gasteiger partial charge in [-0.1, -0.05) is 0 Å². The van der Waals surface area contributed by atoms with Crippen LogP contribution in [0.15, 0.2) is 40.4 Å². The normalized spacial score (nSPS) is 21.4. The summed E-state index contributed by atoms with van der Waals surface area (Å²) in [5.41, 5.74) is 4.47. The van der Waals surface area contributed by atoms with Crippen molar-refractivity contribution in [3.63, 3.8) is 0 Å². The fourth-order valence-corrected chi connectivity index (χ4v) is 6.46. The highest BCUT2D eigenvalue weighted by Crippen LogP contribution is 2.48. The second kappa shape index (κ2) is 10.1. The van der Waals surface area contributed by atoms with Gasteiger partial charge in [-0.05, 0) is 51.0 Å². The molecule has 12 heteroatoms. The molecule has 5 heterocycles. The van der Waals surface area contributed by atoms with E-state index in [0.29, 0.717) is 17.4 Å².